The molecule has 4 nitrogen and oxygen atoms in total. The quantitative estimate of drug-likeness (QED) is 0.378. The lowest BCUT2D eigenvalue weighted by Gasteiger charge is -2.22. The summed E-state index contributed by atoms with van der Waals surface area (Å²) in [4.78, 5) is 6.24. The number of nitrogens with zero attached hydrogens (tertiary/aromatic N) is 2. The molecular formula is C27H22N2O2. The molecule has 5 rings (SSSR count). The maximum Gasteiger partial charge on any atom is 0.129 e. The Kier molecular flexibility index (Phi) is 4.68. The first-order chi connectivity index (χ1) is 15.1. The molecule has 1 heterocycles. The normalized spacial score (nSPS) is 11.1. The Hall–Kier alpha value is -4.05. The van der Waals surface area contributed by atoms with Crippen molar-refractivity contribution in [1.82, 2.24) is 4.98 Å². The summed E-state index contributed by atoms with van der Waals surface area (Å²) in [7, 11) is 1.97. The van der Waals surface area contributed by atoms with Gasteiger partial charge in [0.05, 0.1) is 11.9 Å². The molecule has 0 fully saturated rings. The summed E-state index contributed by atoms with van der Waals surface area (Å²) in [6.45, 7) is 0.501. The van der Waals surface area contributed by atoms with Crippen LogP contribution in [0.3, 0.4) is 0 Å². The Morgan fingerprint density at radius 3 is 2.23 bits per heavy atom. The maximum absolute atomic E-state index is 11.5. The Balaban J connectivity index is 1.76. The van der Waals surface area contributed by atoms with E-state index in [2.05, 4.69) is 4.98 Å². The van der Waals surface area contributed by atoms with Crippen LogP contribution in [0.15, 0.2) is 91.3 Å². The number of phenols is 2. The van der Waals surface area contributed by atoms with Gasteiger partial charge < -0.3 is 15.1 Å². The van der Waals surface area contributed by atoms with Crippen molar-refractivity contribution < 1.29 is 10.2 Å². The molecule has 0 unspecified atom stereocenters. The van der Waals surface area contributed by atoms with Crippen LogP contribution in [0.5, 0.6) is 11.5 Å². The molecule has 0 aliphatic rings. The topological polar surface area (TPSA) is 56.6 Å². The van der Waals surface area contributed by atoms with Crippen LogP contribution < -0.4 is 4.90 Å². The number of anilines is 1. The van der Waals surface area contributed by atoms with Crippen LogP contribution >= 0.6 is 0 Å². The SMILES string of the molecule is CN(Cc1cc2ccccc2c(-c2c(O)ccc3ccccc23)c1O)c1cccnc1. The van der Waals surface area contributed by atoms with E-state index < -0.39 is 0 Å². The molecule has 4 heteroatoms. The highest BCUT2D eigenvalue weighted by Gasteiger charge is 2.20. The maximum atomic E-state index is 11.5. The van der Waals surface area contributed by atoms with Gasteiger partial charge in [-0.05, 0) is 45.8 Å². The number of benzene rings is 4. The number of fused-ring (bicyclic) bond motifs is 2. The lowest BCUT2D eigenvalue weighted by atomic mass is 9.90. The van der Waals surface area contributed by atoms with Crippen molar-refractivity contribution in [3.8, 4) is 22.6 Å². The Morgan fingerprint density at radius 1 is 0.774 bits per heavy atom. The van der Waals surface area contributed by atoms with Crippen LogP contribution in [0.1, 0.15) is 5.56 Å². The average molecular weight is 406 g/mol. The third-order valence-corrected chi connectivity index (χ3v) is 5.75. The van der Waals surface area contributed by atoms with E-state index in [1.165, 1.54) is 0 Å². The molecule has 2 N–H and O–H groups in total. The number of hydrogen-bond donors (Lipinski definition) is 2. The molecule has 0 aliphatic carbocycles. The second-order valence-corrected chi connectivity index (χ2v) is 7.73. The summed E-state index contributed by atoms with van der Waals surface area (Å²) < 4.78 is 0. The monoisotopic (exact) mass is 406 g/mol. The van der Waals surface area contributed by atoms with Crippen LogP contribution in [-0.2, 0) is 6.54 Å². The molecule has 4 aromatic carbocycles. The van der Waals surface area contributed by atoms with E-state index in [0.29, 0.717) is 17.7 Å². The first-order valence-electron chi connectivity index (χ1n) is 10.2. The van der Waals surface area contributed by atoms with Crippen molar-refractivity contribution >= 4 is 27.2 Å². The number of aromatic nitrogens is 1. The zero-order valence-electron chi connectivity index (χ0n) is 17.2. The first kappa shape index (κ1) is 18.9. The Labute approximate surface area is 180 Å². The summed E-state index contributed by atoms with van der Waals surface area (Å²) in [6, 6.07) is 25.4. The fourth-order valence-electron chi connectivity index (χ4n) is 4.22. The van der Waals surface area contributed by atoms with E-state index in [9.17, 15) is 10.2 Å². The highest BCUT2D eigenvalue weighted by atomic mass is 16.3. The van der Waals surface area contributed by atoms with E-state index in [0.717, 1.165) is 32.8 Å². The lowest BCUT2D eigenvalue weighted by molar-refractivity contribution is 0.466. The van der Waals surface area contributed by atoms with E-state index in [-0.39, 0.29) is 11.5 Å². The van der Waals surface area contributed by atoms with Gasteiger partial charge in [-0.15, -0.1) is 0 Å². The van der Waals surface area contributed by atoms with Gasteiger partial charge >= 0.3 is 0 Å². The molecule has 1 aromatic heterocycles. The summed E-state index contributed by atoms with van der Waals surface area (Å²) in [6.07, 6.45) is 3.54. The minimum atomic E-state index is 0.150. The number of aromatic hydroxyl groups is 2. The second kappa shape index (κ2) is 7.65. The molecule has 0 bridgehead atoms. The van der Waals surface area contributed by atoms with Gasteiger partial charge in [-0.25, -0.2) is 0 Å². The van der Waals surface area contributed by atoms with Crippen molar-refractivity contribution in [2.45, 2.75) is 6.54 Å². The second-order valence-electron chi connectivity index (χ2n) is 7.73. The minimum Gasteiger partial charge on any atom is -0.507 e. The molecule has 0 atom stereocenters. The fourth-order valence-corrected chi connectivity index (χ4v) is 4.22. The van der Waals surface area contributed by atoms with Crippen LogP contribution in [-0.4, -0.2) is 22.2 Å². The zero-order valence-corrected chi connectivity index (χ0v) is 17.2. The highest BCUT2D eigenvalue weighted by Crippen LogP contribution is 2.46. The molecule has 31 heavy (non-hydrogen) atoms. The molecule has 0 amide bonds. The molecule has 0 radical (unpaired) electrons. The summed E-state index contributed by atoms with van der Waals surface area (Å²) in [5, 5.41) is 26.2. The van der Waals surface area contributed by atoms with Crippen LogP contribution in [0, 0.1) is 0 Å². The van der Waals surface area contributed by atoms with E-state index in [4.69, 9.17) is 0 Å². The molecular weight excluding hydrogens is 384 g/mol. The average Bonchev–Trinajstić information content (AvgIpc) is 2.81. The number of phenolic OH excluding ortho intramolecular Hbond substituents is 2. The molecule has 5 aromatic rings. The van der Waals surface area contributed by atoms with Gasteiger partial charge in [0.1, 0.15) is 11.5 Å². The predicted octanol–water partition coefficient (Wildman–Crippen LogP) is 6.10. The third-order valence-electron chi connectivity index (χ3n) is 5.75. The molecule has 0 saturated carbocycles. The largest absolute Gasteiger partial charge is 0.507 e. The number of rotatable bonds is 4. The van der Waals surface area contributed by atoms with Gasteiger partial charge in [0.15, 0.2) is 0 Å². The Bertz CT molecular complexity index is 1400. The fraction of sp³-hybridized carbons (Fsp3) is 0.0741. The van der Waals surface area contributed by atoms with Crippen LogP contribution in [0.4, 0.5) is 5.69 Å². The molecule has 0 spiro atoms. The van der Waals surface area contributed by atoms with Gasteiger partial charge in [-0.1, -0.05) is 54.6 Å². The van der Waals surface area contributed by atoms with E-state index in [1.807, 2.05) is 84.7 Å². The summed E-state index contributed by atoms with van der Waals surface area (Å²) >= 11 is 0. The standard InChI is InChI=1S/C27H22N2O2/c1-29(21-9-6-14-28-16-21)17-20-15-19-8-3-5-11-23(19)26(27(20)31)25-22-10-4-2-7-18(22)12-13-24(25)30/h2-16,30-31H,17H2,1H3. The highest BCUT2D eigenvalue weighted by molar-refractivity contribution is 6.10. The Morgan fingerprint density at radius 2 is 1.48 bits per heavy atom. The van der Waals surface area contributed by atoms with Crippen molar-refractivity contribution in [2.24, 2.45) is 0 Å². The number of pyridine rings is 1. The first-order valence-corrected chi connectivity index (χ1v) is 10.2. The van der Waals surface area contributed by atoms with Crippen molar-refractivity contribution in [3.05, 3.63) is 96.8 Å². The van der Waals surface area contributed by atoms with Crippen molar-refractivity contribution in [1.29, 1.82) is 0 Å². The van der Waals surface area contributed by atoms with Crippen molar-refractivity contribution in [3.63, 3.8) is 0 Å². The summed E-state index contributed by atoms with van der Waals surface area (Å²) in [5.41, 5.74) is 3.05. The smallest absolute Gasteiger partial charge is 0.129 e. The van der Waals surface area contributed by atoms with Gasteiger partial charge in [0, 0.05) is 36.5 Å². The van der Waals surface area contributed by atoms with E-state index >= 15 is 0 Å². The van der Waals surface area contributed by atoms with Gasteiger partial charge in [-0.2, -0.15) is 0 Å². The van der Waals surface area contributed by atoms with Gasteiger partial charge in [-0.3, -0.25) is 4.98 Å². The van der Waals surface area contributed by atoms with E-state index in [1.54, 1.807) is 18.5 Å². The van der Waals surface area contributed by atoms with Crippen molar-refractivity contribution in [2.75, 3.05) is 11.9 Å². The molecule has 0 aliphatic heterocycles. The predicted molar refractivity (Wildman–Crippen MR) is 127 cm³/mol. The number of hydrogen-bond acceptors (Lipinski definition) is 4. The van der Waals surface area contributed by atoms with Gasteiger partial charge in [0.2, 0.25) is 0 Å². The third kappa shape index (κ3) is 3.32. The molecule has 152 valence electrons. The minimum absolute atomic E-state index is 0.150. The zero-order chi connectivity index (χ0) is 21.4. The van der Waals surface area contributed by atoms with Crippen LogP contribution in [0.2, 0.25) is 0 Å². The molecule has 0 saturated heterocycles. The lowest BCUT2D eigenvalue weighted by Crippen LogP contribution is -2.16. The van der Waals surface area contributed by atoms with Crippen LogP contribution in [0.25, 0.3) is 32.7 Å². The summed E-state index contributed by atoms with van der Waals surface area (Å²) in [5.74, 6) is 0.331. The van der Waals surface area contributed by atoms with Gasteiger partial charge in [0.25, 0.3) is 0 Å².